The lowest BCUT2D eigenvalue weighted by Gasteiger charge is -2.24. The smallest absolute Gasteiger partial charge is 0.396 e. The summed E-state index contributed by atoms with van der Waals surface area (Å²) in [6.07, 6.45) is -3.13. The molecule has 1 aliphatic rings. The number of hydrogen-bond acceptors (Lipinski definition) is 6. The molecule has 2 amide bonds. The molecule has 1 saturated carbocycles. The SMILES string of the molecule is O=C(N[C@@H](Cc1ccccc1)[C@H](O)CNCc1cccc(C(F)(F)F)c1)c1cc(C(=O)N(CCCO)C2CC2)n(Cc2ccccc2)n1. The minimum atomic E-state index is -4.46. The molecule has 12 heteroatoms. The Labute approximate surface area is 277 Å². The molecule has 254 valence electrons. The van der Waals surface area contributed by atoms with Gasteiger partial charge in [0.05, 0.1) is 24.3 Å². The summed E-state index contributed by atoms with van der Waals surface area (Å²) in [5.74, 6) is -0.852. The summed E-state index contributed by atoms with van der Waals surface area (Å²) in [6, 6.07) is 24.4. The molecule has 0 saturated heterocycles. The topological polar surface area (TPSA) is 120 Å². The van der Waals surface area contributed by atoms with Gasteiger partial charge in [0, 0.05) is 38.3 Å². The van der Waals surface area contributed by atoms with Crippen LogP contribution in [0, 0.1) is 0 Å². The summed E-state index contributed by atoms with van der Waals surface area (Å²) in [5.41, 5.74) is 1.65. The number of alkyl halides is 3. The van der Waals surface area contributed by atoms with E-state index in [9.17, 15) is 33.0 Å². The molecule has 9 nitrogen and oxygen atoms in total. The highest BCUT2D eigenvalue weighted by molar-refractivity contribution is 5.98. The number of halogens is 3. The van der Waals surface area contributed by atoms with Gasteiger partial charge in [0.1, 0.15) is 5.69 Å². The fourth-order valence-corrected chi connectivity index (χ4v) is 5.56. The van der Waals surface area contributed by atoms with Crippen LogP contribution in [0.25, 0.3) is 0 Å². The van der Waals surface area contributed by atoms with Crippen molar-refractivity contribution in [2.75, 3.05) is 19.7 Å². The lowest BCUT2D eigenvalue weighted by molar-refractivity contribution is -0.137. The molecule has 4 aromatic rings. The molecule has 5 rings (SSSR count). The maximum Gasteiger partial charge on any atom is 0.416 e. The highest BCUT2D eigenvalue weighted by Crippen LogP contribution is 2.30. The van der Waals surface area contributed by atoms with Crippen LogP contribution in [-0.2, 0) is 25.7 Å². The number of carbonyl (C=O) groups excluding carboxylic acids is 2. The molecule has 0 spiro atoms. The van der Waals surface area contributed by atoms with Crippen molar-refractivity contribution in [1.29, 1.82) is 0 Å². The molecule has 0 aliphatic heterocycles. The number of hydrogen-bond donors (Lipinski definition) is 4. The van der Waals surface area contributed by atoms with Gasteiger partial charge in [0.25, 0.3) is 11.8 Å². The Bertz CT molecular complexity index is 1640. The molecule has 2 atom stereocenters. The van der Waals surface area contributed by atoms with Crippen LogP contribution >= 0.6 is 0 Å². The van der Waals surface area contributed by atoms with Crippen LogP contribution in [0.3, 0.4) is 0 Å². The Morgan fingerprint density at radius 2 is 1.60 bits per heavy atom. The summed E-state index contributed by atoms with van der Waals surface area (Å²) < 4.78 is 41.0. The monoisotopic (exact) mass is 663 g/mol. The molecule has 1 aliphatic carbocycles. The second-order valence-corrected chi connectivity index (χ2v) is 12.0. The zero-order valence-electron chi connectivity index (χ0n) is 26.4. The second-order valence-electron chi connectivity index (χ2n) is 12.0. The zero-order valence-corrected chi connectivity index (χ0v) is 26.4. The molecule has 1 aromatic heterocycles. The zero-order chi connectivity index (χ0) is 34.1. The van der Waals surface area contributed by atoms with E-state index in [2.05, 4.69) is 15.7 Å². The molecule has 4 N–H and O–H groups in total. The van der Waals surface area contributed by atoms with Crippen LogP contribution in [0.2, 0.25) is 0 Å². The molecule has 48 heavy (non-hydrogen) atoms. The van der Waals surface area contributed by atoms with Gasteiger partial charge in [-0.2, -0.15) is 18.3 Å². The van der Waals surface area contributed by atoms with E-state index in [1.807, 2.05) is 60.7 Å². The fourth-order valence-electron chi connectivity index (χ4n) is 5.56. The van der Waals surface area contributed by atoms with Gasteiger partial charge in [0.15, 0.2) is 5.69 Å². The van der Waals surface area contributed by atoms with Gasteiger partial charge in [0.2, 0.25) is 0 Å². The third kappa shape index (κ3) is 9.52. The molecule has 0 bridgehead atoms. The molecular weight excluding hydrogens is 623 g/mol. The number of benzene rings is 3. The van der Waals surface area contributed by atoms with Gasteiger partial charge >= 0.3 is 6.18 Å². The lowest BCUT2D eigenvalue weighted by atomic mass is 10.0. The van der Waals surface area contributed by atoms with Crippen molar-refractivity contribution in [2.24, 2.45) is 0 Å². The Morgan fingerprint density at radius 1 is 0.938 bits per heavy atom. The van der Waals surface area contributed by atoms with Gasteiger partial charge in [-0.15, -0.1) is 0 Å². The maximum atomic E-state index is 13.8. The molecule has 0 radical (unpaired) electrons. The van der Waals surface area contributed by atoms with Crippen molar-refractivity contribution in [3.63, 3.8) is 0 Å². The van der Waals surface area contributed by atoms with Crippen molar-refractivity contribution < 1.29 is 33.0 Å². The second kappa shape index (κ2) is 16.1. The number of aliphatic hydroxyl groups excluding tert-OH is 2. The van der Waals surface area contributed by atoms with Crippen molar-refractivity contribution in [1.82, 2.24) is 25.3 Å². The predicted octanol–water partition coefficient (Wildman–Crippen LogP) is 4.43. The number of aromatic nitrogens is 2. The third-order valence-corrected chi connectivity index (χ3v) is 8.23. The van der Waals surface area contributed by atoms with Crippen LogP contribution in [0.15, 0.2) is 91.0 Å². The molecule has 3 aromatic carbocycles. The van der Waals surface area contributed by atoms with Gasteiger partial charge in [-0.3, -0.25) is 14.3 Å². The number of aliphatic hydroxyl groups is 2. The van der Waals surface area contributed by atoms with E-state index in [-0.39, 0.29) is 56.0 Å². The highest BCUT2D eigenvalue weighted by atomic mass is 19.4. The summed E-state index contributed by atoms with van der Waals surface area (Å²) in [5, 5.41) is 31.1. The number of rotatable bonds is 16. The van der Waals surface area contributed by atoms with Crippen molar-refractivity contribution in [2.45, 2.75) is 63.1 Å². The van der Waals surface area contributed by atoms with Crippen LogP contribution in [0.5, 0.6) is 0 Å². The van der Waals surface area contributed by atoms with Crippen LogP contribution in [0.1, 0.15) is 62.5 Å². The van der Waals surface area contributed by atoms with E-state index in [4.69, 9.17) is 0 Å². The summed E-state index contributed by atoms with van der Waals surface area (Å²) in [6.45, 7) is 0.658. The first-order valence-electron chi connectivity index (χ1n) is 16.1. The standard InChI is InChI=1S/C36H40F3N5O4/c37-36(38,39)28-14-7-13-27(19-28)22-40-23-33(46)30(20-25-9-3-1-4-10-25)41-34(47)31-21-32(35(48)43(17-8-18-45)29-15-16-29)44(42-31)24-26-11-5-2-6-12-26/h1-7,9-14,19,21,29-30,33,40,45-46H,8,15-18,20,22-24H2,(H,41,47)/t30-,33+/m0/s1. The summed E-state index contributed by atoms with van der Waals surface area (Å²) >= 11 is 0. The third-order valence-electron chi connectivity index (χ3n) is 8.23. The molecular formula is C36H40F3N5O4. The number of amides is 2. The highest BCUT2D eigenvalue weighted by Gasteiger charge is 2.35. The van der Waals surface area contributed by atoms with Crippen molar-refractivity contribution in [3.05, 3.63) is 125 Å². The number of nitrogens with one attached hydrogen (secondary N) is 2. The fraction of sp³-hybridized carbons (Fsp3) is 0.361. The Hall–Kier alpha value is -4.52. The minimum Gasteiger partial charge on any atom is -0.396 e. The Morgan fingerprint density at radius 3 is 2.25 bits per heavy atom. The molecule has 1 heterocycles. The molecule has 0 unspecified atom stereocenters. The molecule has 1 fully saturated rings. The van der Waals surface area contributed by atoms with Gasteiger partial charge in [-0.05, 0) is 48.4 Å². The largest absolute Gasteiger partial charge is 0.416 e. The Kier molecular flexibility index (Phi) is 11.6. The summed E-state index contributed by atoms with van der Waals surface area (Å²) in [7, 11) is 0. The minimum absolute atomic E-state index is 0.00868. The van der Waals surface area contributed by atoms with Gasteiger partial charge < -0.3 is 25.7 Å². The summed E-state index contributed by atoms with van der Waals surface area (Å²) in [4.78, 5) is 29.3. The van der Waals surface area contributed by atoms with Crippen LogP contribution in [0.4, 0.5) is 13.2 Å². The van der Waals surface area contributed by atoms with E-state index < -0.39 is 29.8 Å². The first-order valence-corrected chi connectivity index (χ1v) is 16.1. The first-order chi connectivity index (χ1) is 23.1. The van der Waals surface area contributed by atoms with Crippen molar-refractivity contribution >= 4 is 11.8 Å². The normalized spacial score (nSPS) is 14.4. The van der Waals surface area contributed by atoms with E-state index in [1.54, 1.807) is 11.0 Å². The Balaban J connectivity index is 1.34. The van der Waals surface area contributed by atoms with Gasteiger partial charge in [-0.25, -0.2) is 0 Å². The lowest BCUT2D eigenvalue weighted by Crippen LogP contribution is -2.48. The van der Waals surface area contributed by atoms with Crippen molar-refractivity contribution in [3.8, 4) is 0 Å². The average molecular weight is 664 g/mol. The quantitative estimate of drug-likeness (QED) is 0.141. The average Bonchev–Trinajstić information content (AvgIpc) is 3.83. The predicted molar refractivity (Wildman–Crippen MR) is 174 cm³/mol. The van der Waals surface area contributed by atoms with Crippen LogP contribution < -0.4 is 10.6 Å². The number of nitrogens with zero attached hydrogens (tertiary/aromatic N) is 3. The maximum absolute atomic E-state index is 13.8. The van der Waals surface area contributed by atoms with E-state index in [1.165, 1.54) is 16.8 Å². The van der Waals surface area contributed by atoms with E-state index in [0.717, 1.165) is 36.1 Å². The van der Waals surface area contributed by atoms with Gasteiger partial charge in [-0.1, -0.05) is 78.9 Å². The first kappa shape index (κ1) is 34.8. The van der Waals surface area contributed by atoms with E-state index >= 15 is 0 Å². The van der Waals surface area contributed by atoms with Crippen LogP contribution in [-0.4, -0.2) is 74.6 Å². The number of carbonyl (C=O) groups is 2. The van der Waals surface area contributed by atoms with E-state index in [0.29, 0.717) is 18.5 Å².